The van der Waals surface area contributed by atoms with E-state index in [4.69, 9.17) is 10.5 Å². The molecule has 0 radical (unpaired) electrons. The molecule has 2 unspecified atom stereocenters. The van der Waals surface area contributed by atoms with Crippen molar-refractivity contribution < 1.29 is 4.74 Å². The van der Waals surface area contributed by atoms with Crippen LogP contribution in [0, 0.1) is 5.92 Å². The van der Waals surface area contributed by atoms with Gasteiger partial charge in [-0.25, -0.2) is 0 Å². The van der Waals surface area contributed by atoms with Crippen molar-refractivity contribution in [1.29, 1.82) is 0 Å². The Kier molecular flexibility index (Phi) is 4.45. The first kappa shape index (κ1) is 11.4. The molecule has 0 aromatic rings. The largest absolute Gasteiger partial charge is 0.378 e. The number of nitrogens with two attached hydrogens (primary N) is 1. The van der Waals surface area contributed by atoms with Crippen LogP contribution in [0.2, 0.25) is 0 Å². The molecule has 15 heavy (non-hydrogen) atoms. The first-order valence-corrected chi connectivity index (χ1v) is 6.72. The van der Waals surface area contributed by atoms with Crippen LogP contribution < -0.4 is 5.73 Å². The highest BCUT2D eigenvalue weighted by Gasteiger charge is 2.20. The fourth-order valence-corrected chi connectivity index (χ4v) is 3.06. The third-order valence-electron chi connectivity index (χ3n) is 3.99. The van der Waals surface area contributed by atoms with Crippen LogP contribution >= 0.6 is 0 Å². The molecule has 2 heteroatoms. The topological polar surface area (TPSA) is 35.2 Å². The van der Waals surface area contributed by atoms with Crippen molar-refractivity contribution in [1.82, 2.24) is 0 Å². The van der Waals surface area contributed by atoms with Gasteiger partial charge in [-0.2, -0.15) is 0 Å². The lowest BCUT2D eigenvalue weighted by Gasteiger charge is -2.17. The zero-order valence-electron chi connectivity index (χ0n) is 9.79. The van der Waals surface area contributed by atoms with E-state index in [1.54, 1.807) is 0 Å². The van der Waals surface area contributed by atoms with Crippen LogP contribution in [0.3, 0.4) is 0 Å². The molecule has 88 valence electrons. The summed E-state index contributed by atoms with van der Waals surface area (Å²) in [6.07, 6.45) is 12.4. The molecule has 1 aliphatic heterocycles. The third kappa shape index (κ3) is 3.76. The van der Waals surface area contributed by atoms with Crippen molar-refractivity contribution >= 4 is 0 Å². The van der Waals surface area contributed by atoms with Crippen LogP contribution in [0.1, 0.15) is 57.8 Å². The Morgan fingerprint density at radius 2 is 1.93 bits per heavy atom. The number of rotatable bonds is 5. The van der Waals surface area contributed by atoms with Crippen LogP contribution in [0.25, 0.3) is 0 Å². The van der Waals surface area contributed by atoms with Gasteiger partial charge in [-0.15, -0.1) is 0 Å². The van der Waals surface area contributed by atoms with Gasteiger partial charge in [0.25, 0.3) is 0 Å². The monoisotopic (exact) mass is 211 g/mol. The predicted molar refractivity (Wildman–Crippen MR) is 62.8 cm³/mol. The summed E-state index contributed by atoms with van der Waals surface area (Å²) in [6, 6.07) is 0.428. The van der Waals surface area contributed by atoms with E-state index in [0.29, 0.717) is 12.1 Å². The zero-order chi connectivity index (χ0) is 10.5. The molecule has 0 bridgehead atoms. The number of ether oxygens (including phenoxy) is 1. The molecule has 0 spiro atoms. The molecular weight excluding hydrogens is 186 g/mol. The molecule has 2 nitrogen and oxygen atoms in total. The molecule has 1 heterocycles. The molecule has 2 fully saturated rings. The van der Waals surface area contributed by atoms with Crippen LogP contribution in [0.5, 0.6) is 0 Å². The quantitative estimate of drug-likeness (QED) is 0.759. The maximum absolute atomic E-state index is 6.18. The summed E-state index contributed by atoms with van der Waals surface area (Å²) >= 11 is 0. The van der Waals surface area contributed by atoms with Crippen molar-refractivity contribution in [2.45, 2.75) is 69.9 Å². The average Bonchev–Trinajstić information content (AvgIpc) is 2.86. The molecule has 2 atom stereocenters. The van der Waals surface area contributed by atoms with Gasteiger partial charge < -0.3 is 10.5 Å². The van der Waals surface area contributed by atoms with E-state index in [9.17, 15) is 0 Å². The summed E-state index contributed by atoms with van der Waals surface area (Å²) in [4.78, 5) is 0. The van der Waals surface area contributed by atoms with Crippen LogP contribution in [-0.2, 0) is 4.74 Å². The lowest BCUT2D eigenvalue weighted by Crippen LogP contribution is -2.24. The maximum atomic E-state index is 6.18. The highest BCUT2D eigenvalue weighted by molar-refractivity contribution is 4.75. The number of hydrogen-bond donors (Lipinski definition) is 1. The molecule has 2 aliphatic rings. The summed E-state index contributed by atoms with van der Waals surface area (Å²) in [5, 5.41) is 0. The summed E-state index contributed by atoms with van der Waals surface area (Å²) < 4.78 is 5.62. The standard InChI is InChI=1S/C13H25NO/c14-12(10-11-4-1-2-5-11)7-8-13-6-3-9-15-13/h11-13H,1-10,14H2. The molecule has 0 aromatic carbocycles. The van der Waals surface area contributed by atoms with E-state index in [0.717, 1.165) is 12.5 Å². The minimum Gasteiger partial charge on any atom is -0.378 e. The van der Waals surface area contributed by atoms with Gasteiger partial charge in [0.15, 0.2) is 0 Å². The third-order valence-corrected chi connectivity index (χ3v) is 3.99. The second-order valence-corrected chi connectivity index (χ2v) is 5.36. The highest BCUT2D eigenvalue weighted by Crippen LogP contribution is 2.29. The van der Waals surface area contributed by atoms with E-state index in [-0.39, 0.29) is 0 Å². The van der Waals surface area contributed by atoms with Crippen molar-refractivity contribution in [3.05, 3.63) is 0 Å². The van der Waals surface area contributed by atoms with Crippen molar-refractivity contribution in [2.75, 3.05) is 6.61 Å². The van der Waals surface area contributed by atoms with Gasteiger partial charge in [0, 0.05) is 12.6 Å². The fourth-order valence-electron chi connectivity index (χ4n) is 3.06. The van der Waals surface area contributed by atoms with E-state index >= 15 is 0 Å². The van der Waals surface area contributed by atoms with Gasteiger partial charge in [-0.1, -0.05) is 25.7 Å². The molecule has 0 aromatic heterocycles. The minimum atomic E-state index is 0.428. The second-order valence-electron chi connectivity index (χ2n) is 5.36. The van der Waals surface area contributed by atoms with Gasteiger partial charge in [0.05, 0.1) is 6.10 Å². The number of hydrogen-bond acceptors (Lipinski definition) is 2. The highest BCUT2D eigenvalue weighted by atomic mass is 16.5. The molecular formula is C13H25NO. The molecule has 1 saturated heterocycles. The van der Waals surface area contributed by atoms with E-state index < -0.39 is 0 Å². The second kappa shape index (κ2) is 5.86. The lowest BCUT2D eigenvalue weighted by molar-refractivity contribution is 0.0999. The Morgan fingerprint density at radius 1 is 1.13 bits per heavy atom. The minimum absolute atomic E-state index is 0.428. The molecule has 2 N–H and O–H groups in total. The van der Waals surface area contributed by atoms with Gasteiger partial charge in [0.2, 0.25) is 0 Å². The normalized spacial score (nSPS) is 29.8. The van der Waals surface area contributed by atoms with Crippen LogP contribution in [0.15, 0.2) is 0 Å². The SMILES string of the molecule is NC(CCC1CCCO1)CC1CCCC1. The fraction of sp³-hybridized carbons (Fsp3) is 1.00. The van der Waals surface area contributed by atoms with E-state index in [2.05, 4.69) is 0 Å². The van der Waals surface area contributed by atoms with Gasteiger partial charge >= 0.3 is 0 Å². The Morgan fingerprint density at radius 3 is 2.60 bits per heavy atom. The summed E-state index contributed by atoms with van der Waals surface area (Å²) in [7, 11) is 0. The van der Waals surface area contributed by atoms with Crippen LogP contribution in [-0.4, -0.2) is 18.8 Å². The summed E-state index contributed by atoms with van der Waals surface area (Å²) in [5.41, 5.74) is 6.18. The predicted octanol–water partition coefficient (Wildman–Crippen LogP) is 2.85. The van der Waals surface area contributed by atoms with E-state index in [1.165, 1.54) is 57.8 Å². The maximum Gasteiger partial charge on any atom is 0.0576 e. The molecule has 1 saturated carbocycles. The van der Waals surface area contributed by atoms with Crippen molar-refractivity contribution in [3.63, 3.8) is 0 Å². The van der Waals surface area contributed by atoms with Gasteiger partial charge in [-0.05, 0) is 38.0 Å². The summed E-state index contributed by atoms with van der Waals surface area (Å²) in [5.74, 6) is 0.935. The summed E-state index contributed by atoms with van der Waals surface area (Å²) in [6.45, 7) is 0.975. The Balaban J connectivity index is 1.57. The Labute approximate surface area is 93.6 Å². The first-order chi connectivity index (χ1) is 7.34. The Bertz CT molecular complexity index is 171. The van der Waals surface area contributed by atoms with Crippen LogP contribution in [0.4, 0.5) is 0 Å². The lowest BCUT2D eigenvalue weighted by atomic mass is 9.95. The van der Waals surface area contributed by atoms with Gasteiger partial charge in [-0.3, -0.25) is 0 Å². The molecule has 0 amide bonds. The van der Waals surface area contributed by atoms with Gasteiger partial charge in [0.1, 0.15) is 0 Å². The van der Waals surface area contributed by atoms with E-state index in [1.807, 2.05) is 0 Å². The van der Waals surface area contributed by atoms with Crippen molar-refractivity contribution in [3.8, 4) is 0 Å². The Hall–Kier alpha value is -0.0800. The van der Waals surface area contributed by atoms with Crippen molar-refractivity contribution in [2.24, 2.45) is 11.7 Å². The zero-order valence-corrected chi connectivity index (χ0v) is 9.79. The smallest absolute Gasteiger partial charge is 0.0576 e. The average molecular weight is 211 g/mol. The molecule has 1 aliphatic carbocycles. The first-order valence-electron chi connectivity index (χ1n) is 6.72. The molecule has 2 rings (SSSR count).